The highest BCUT2D eigenvalue weighted by molar-refractivity contribution is 5.93. The van der Waals surface area contributed by atoms with Crippen LogP contribution in [-0.4, -0.2) is 69.5 Å². The Labute approximate surface area is 201 Å². The second-order valence-electron chi connectivity index (χ2n) is 8.50. The molecule has 12 nitrogen and oxygen atoms in total. The summed E-state index contributed by atoms with van der Waals surface area (Å²) in [5, 5.41) is 26.0. The SMILES string of the molecule is CC(C)C(N)C(=O)NC(Cc1c[nH]c2ccccc12)C(=O)NCC(=O)NC(CCC(=O)O)C(=O)O. The lowest BCUT2D eigenvalue weighted by molar-refractivity contribution is -0.143. The van der Waals surface area contributed by atoms with Crippen molar-refractivity contribution in [1.82, 2.24) is 20.9 Å². The van der Waals surface area contributed by atoms with Gasteiger partial charge in [-0.05, 0) is 24.0 Å². The van der Waals surface area contributed by atoms with E-state index in [1.807, 2.05) is 24.3 Å². The standard InChI is InChI=1S/C23H31N5O7/c1-12(2)20(24)22(33)28-17(9-13-10-25-15-6-4-3-5-14(13)15)21(32)26-11-18(29)27-16(23(34)35)7-8-19(30)31/h3-6,10,12,16-17,20,25H,7-9,11,24H2,1-2H3,(H,26,32)(H,27,29)(H,28,33)(H,30,31)(H,34,35). The van der Waals surface area contributed by atoms with Gasteiger partial charge in [0, 0.05) is 29.9 Å². The minimum absolute atomic E-state index is 0.115. The third-order valence-electron chi connectivity index (χ3n) is 5.46. The molecule has 1 heterocycles. The van der Waals surface area contributed by atoms with E-state index >= 15 is 0 Å². The Bertz CT molecular complexity index is 1080. The number of aliphatic carboxylic acids is 2. The number of nitrogens with one attached hydrogen (secondary N) is 4. The molecular weight excluding hydrogens is 458 g/mol. The van der Waals surface area contributed by atoms with Gasteiger partial charge in [0.15, 0.2) is 0 Å². The van der Waals surface area contributed by atoms with E-state index in [0.29, 0.717) is 0 Å². The van der Waals surface area contributed by atoms with E-state index in [-0.39, 0.29) is 18.8 Å². The molecule has 0 saturated carbocycles. The molecule has 0 aliphatic heterocycles. The number of carboxylic acids is 2. The summed E-state index contributed by atoms with van der Waals surface area (Å²) >= 11 is 0. The van der Waals surface area contributed by atoms with E-state index in [1.165, 1.54) is 0 Å². The number of aromatic amines is 1. The number of carbonyl (C=O) groups excluding carboxylic acids is 3. The maximum absolute atomic E-state index is 12.9. The highest BCUT2D eigenvalue weighted by Crippen LogP contribution is 2.19. The number of fused-ring (bicyclic) bond motifs is 1. The molecule has 0 spiro atoms. The Hall–Kier alpha value is -3.93. The van der Waals surface area contributed by atoms with E-state index < -0.39 is 60.8 Å². The highest BCUT2D eigenvalue weighted by atomic mass is 16.4. The average Bonchev–Trinajstić information content (AvgIpc) is 3.21. The molecule has 1 aromatic heterocycles. The molecule has 0 aliphatic rings. The fraction of sp³-hybridized carbons (Fsp3) is 0.435. The van der Waals surface area contributed by atoms with Crippen molar-refractivity contribution in [2.24, 2.45) is 11.7 Å². The quantitative estimate of drug-likeness (QED) is 0.199. The third kappa shape index (κ3) is 8.10. The van der Waals surface area contributed by atoms with E-state index in [4.69, 9.17) is 15.9 Å². The molecule has 3 atom stereocenters. The van der Waals surface area contributed by atoms with Crippen LogP contribution in [-0.2, 0) is 30.4 Å². The van der Waals surface area contributed by atoms with E-state index in [0.717, 1.165) is 16.5 Å². The molecule has 0 radical (unpaired) electrons. The Morgan fingerprint density at radius 2 is 1.69 bits per heavy atom. The number of rotatable bonds is 13. The topological polar surface area (TPSA) is 204 Å². The number of hydrogen-bond donors (Lipinski definition) is 7. The number of aromatic nitrogens is 1. The maximum atomic E-state index is 12.9. The number of para-hydroxylation sites is 1. The van der Waals surface area contributed by atoms with Crippen LogP contribution in [0.25, 0.3) is 10.9 Å². The molecule has 3 amide bonds. The van der Waals surface area contributed by atoms with E-state index in [9.17, 15) is 24.0 Å². The molecule has 0 fully saturated rings. The van der Waals surface area contributed by atoms with Crippen LogP contribution in [0.1, 0.15) is 32.3 Å². The van der Waals surface area contributed by atoms with Crippen LogP contribution in [0.15, 0.2) is 30.5 Å². The minimum atomic E-state index is -1.42. The fourth-order valence-electron chi connectivity index (χ4n) is 3.36. The van der Waals surface area contributed by atoms with Gasteiger partial charge in [0.25, 0.3) is 0 Å². The van der Waals surface area contributed by atoms with Crippen LogP contribution in [0.3, 0.4) is 0 Å². The van der Waals surface area contributed by atoms with Crippen LogP contribution >= 0.6 is 0 Å². The minimum Gasteiger partial charge on any atom is -0.481 e. The lowest BCUT2D eigenvalue weighted by Gasteiger charge is -2.22. The molecular formula is C23H31N5O7. The first-order valence-electron chi connectivity index (χ1n) is 11.1. The second-order valence-corrected chi connectivity index (χ2v) is 8.50. The fourth-order valence-corrected chi connectivity index (χ4v) is 3.36. The predicted octanol–water partition coefficient (Wildman–Crippen LogP) is -0.271. The van der Waals surface area contributed by atoms with Crippen molar-refractivity contribution in [2.75, 3.05) is 6.54 Å². The Morgan fingerprint density at radius 3 is 2.31 bits per heavy atom. The predicted molar refractivity (Wildman–Crippen MR) is 126 cm³/mol. The summed E-state index contributed by atoms with van der Waals surface area (Å²) in [5.41, 5.74) is 7.54. The number of carbonyl (C=O) groups is 5. The van der Waals surface area contributed by atoms with Gasteiger partial charge in [-0.15, -0.1) is 0 Å². The molecule has 8 N–H and O–H groups in total. The molecule has 35 heavy (non-hydrogen) atoms. The first-order valence-corrected chi connectivity index (χ1v) is 11.1. The third-order valence-corrected chi connectivity index (χ3v) is 5.46. The van der Waals surface area contributed by atoms with Crippen molar-refractivity contribution in [3.05, 3.63) is 36.0 Å². The summed E-state index contributed by atoms with van der Waals surface area (Å²) in [4.78, 5) is 62.7. The zero-order valence-corrected chi connectivity index (χ0v) is 19.5. The lowest BCUT2D eigenvalue weighted by Crippen LogP contribution is -2.55. The molecule has 3 unspecified atom stereocenters. The van der Waals surface area contributed by atoms with Gasteiger partial charge in [0.1, 0.15) is 12.1 Å². The molecule has 2 rings (SSSR count). The number of nitrogens with two attached hydrogens (primary N) is 1. The molecule has 0 saturated heterocycles. The van der Waals surface area contributed by atoms with Crippen LogP contribution < -0.4 is 21.7 Å². The van der Waals surface area contributed by atoms with Gasteiger partial charge in [0.2, 0.25) is 17.7 Å². The Balaban J connectivity index is 2.09. The molecule has 2 aromatic rings. The van der Waals surface area contributed by atoms with Crippen molar-refractivity contribution < 1.29 is 34.2 Å². The van der Waals surface area contributed by atoms with Crippen LogP contribution in [0.4, 0.5) is 0 Å². The summed E-state index contributed by atoms with van der Waals surface area (Å²) in [7, 11) is 0. The molecule has 0 bridgehead atoms. The maximum Gasteiger partial charge on any atom is 0.326 e. The summed E-state index contributed by atoms with van der Waals surface area (Å²) in [5.74, 6) is -4.76. The van der Waals surface area contributed by atoms with Crippen molar-refractivity contribution in [3.63, 3.8) is 0 Å². The zero-order chi connectivity index (χ0) is 26.1. The van der Waals surface area contributed by atoms with Gasteiger partial charge < -0.3 is 36.9 Å². The highest BCUT2D eigenvalue weighted by Gasteiger charge is 2.27. The van der Waals surface area contributed by atoms with Crippen molar-refractivity contribution in [3.8, 4) is 0 Å². The van der Waals surface area contributed by atoms with Crippen molar-refractivity contribution >= 4 is 40.6 Å². The van der Waals surface area contributed by atoms with Gasteiger partial charge in [-0.25, -0.2) is 4.79 Å². The summed E-state index contributed by atoms with van der Waals surface area (Å²) in [6.07, 6.45) is 1.09. The van der Waals surface area contributed by atoms with E-state index in [1.54, 1.807) is 20.0 Å². The number of carboxylic acid groups (broad SMARTS) is 2. The van der Waals surface area contributed by atoms with Gasteiger partial charge in [-0.3, -0.25) is 19.2 Å². The Kier molecular flexibility index (Phi) is 9.76. The average molecular weight is 490 g/mol. The monoisotopic (exact) mass is 489 g/mol. The number of amides is 3. The summed E-state index contributed by atoms with van der Waals surface area (Å²) in [6.45, 7) is 2.98. The first kappa shape index (κ1) is 27.3. The van der Waals surface area contributed by atoms with Gasteiger partial charge in [0.05, 0.1) is 12.6 Å². The first-order chi connectivity index (χ1) is 16.5. The largest absolute Gasteiger partial charge is 0.481 e. The number of hydrogen-bond acceptors (Lipinski definition) is 6. The molecule has 12 heteroatoms. The van der Waals surface area contributed by atoms with Crippen molar-refractivity contribution in [1.29, 1.82) is 0 Å². The molecule has 190 valence electrons. The van der Waals surface area contributed by atoms with E-state index in [2.05, 4.69) is 20.9 Å². The van der Waals surface area contributed by atoms with Crippen molar-refractivity contribution in [2.45, 2.75) is 51.2 Å². The Morgan fingerprint density at radius 1 is 1.00 bits per heavy atom. The molecule has 0 aliphatic carbocycles. The van der Waals surface area contributed by atoms with Gasteiger partial charge >= 0.3 is 11.9 Å². The second kappa shape index (κ2) is 12.5. The van der Waals surface area contributed by atoms with Gasteiger partial charge in [-0.1, -0.05) is 32.0 Å². The molecule has 1 aromatic carbocycles. The van der Waals surface area contributed by atoms with Crippen LogP contribution in [0.5, 0.6) is 0 Å². The lowest BCUT2D eigenvalue weighted by atomic mass is 10.0. The summed E-state index contributed by atoms with van der Waals surface area (Å²) < 4.78 is 0. The van der Waals surface area contributed by atoms with Crippen LogP contribution in [0, 0.1) is 5.92 Å². The number of H-pyrrole nitrogens is 1. The van der Waals surface area contributed by atoms with Gasteiger partial charge in [-0.2, -0.15) is 0 Å². The normalized spacial score (nSPS) is 13.6. The number of benzene rings is 1. The van der Waals surface area contributed by atoms with Crippen LogP contribution in [0.2, 0.25) is 0 Å². The zero-order valence-electron chi connectivity index (χ0n) is 19.5. The smallest absolute Gasteiger partial charge is 0.326 e. The summed E-state index contributed by atoms with van der Waals surface area (Å²) in [6, 6.07) is 4.12.